The summed E-state index contributed by atoms with van der Waals surface area (Å²) in [6.45, 7) is 4.52. The van der Waals surface area contributed by atoms with Gasteiger partial charge in [0, 0.05) is 45.1 Å². The zero-order chi connectivity index (χ0) is 16.1. The van der Waals surface area contributed by atoms with E-state index in [1.165, 1.54) is 12.8 Å². The number of nitrogens with zero attached hydrogens (tertiary/aromatic N) is 4. The zero-order valence-electron chi connectivity index (χ0n) is 13.7. The first-order chi connectivity index (χ1) is 11.2. The molecule has 0 aromatic carbocycles. The van der Waals surface area contributed by atoms with Gasteiger partial charge in [-0.25, -0.2) is 0 Å². The number of likely N-dealkylation sites (N-methyl/N-ethyl adjacent to an activating group) is 1. The highest BCUT2D eigenvalue weighted by Gasteiger charge is 2.19. The van der Waals surface area contributed by atoms with E-state index in [0.717, 1.165) is 37.4 Å². The van der Waals surface area contributed by atoms with E-state index in [-0.39, 0.29) is 5.91 Å². The summed E-state index contributed by atoms with van der Waals surface area (Å²) in [7, 11) is 2.09. The Morgan fingerprint density at radius 2 is 2.17 bits per heavy atom. The molecule has 124 valence electrons. The lowest BCUT2D eigenvalue weighted by molar-refractivity contribution is -0.131. The van der Waals surface area contributed by atoms with Crippen molar-refractivity contribution in [3.63, 3.8) is 0 Å². The van der Waals surface area contributed by atoms with Gasteiger partial charge < -0.3 is 15.1 Å². The molecule has 1 aliphatic heterocycles. The average Bonchev–Trinajstić information content (AvgIpc) is 3.38. The molecule has 2 heterocycles. The molecule has 1 saturated heterocycles. The van der Waals surface area contributed by atoms with Crippen LogP contribution < -0.4 is 5.32 Å². The quantitative estimate of drug-likeness (QED) is 0.778. The molecule has 0 spiro atoms. The van der Waals surface area contributed by atoms with Crippen LogP contribution in [0.25, 0.3) is 0 Å². The lowest BCUT2D eigenvalue weighted by Gasteiger charge is -2.32. The van der Waals surface area contributed by atoms with Gasteiger partial charge in [-0.15, -0.1) is 0 Å². The highest BCUT2D eigenvalue weighted by atomic mass is 16.2. The van der Waals surface area contributed by atoms with Crippen LogP contribution in [-0.4, -0.2) is 72.7 Å². The molecular weight excluding hydrogens is 290 g/mol. The second-order valence-corrected chi connectivity index (χ2v) is 6.38. The summed E-state index contributed by atoms with van der Waals surface area (Å²) < 4.78 is 0. The van der Waals surface area contributed by atoms with Gasteiger partial charge >= 0.3 is 0 Å². The number of aromatic nitrogens is 1. The molecule has 0 radical (unpaired) electrons. The van der Waals surface area contributed by atoms with Crippen LogP contribution in [0.4, 0.5) is 0 Å². The molecule has 23 heavy (non-hydrogen) atoms. The summed E-state index contributed by atoms with van der Waals surface area (Å²) in [6, 6.07) is 4.52. The summed E-state index contributed by atoms with van der Waals surface area (Å²) in [5.41, 5.74) is 2.02. The van der Waals surface area contributed by atoms with Crippen LogP contribution in [0.5, 0.6) is 0 Å². The number of hydrogen-bond donors (Lipinski definition) is 1. The molecule has 0 atom stereocenters. The Balaban J connectivity index is 1.43. The summed E-state index contributed by atoms with van der Waals surface area (Å²) >= 11 is 0. The van der Waals surface area contributed by atoms with Gasteiger partial charge in [-0.3, -0.25) is 14.8 Å². The van der Waals surface area contributed by atoms with Gasteiger partial charge in [-0.1, -0.05) is 0 Å². The van der Waals surface area contributed by atoms with Crippen LogP contribution >= 0.6 is 0 Å². The van der Waals surface area contributed by atoms with Crippen LogP contribution in [0.2, 0.25) is 0 Å². The Morgan fingerprint density at radius 1 is 1.39 bits per heavy atom. The fourth-order valence-electron chi connectivity index (χ4n) is 2.55. The fourth-order valence-corrected chi connectivity index (χ4v) is 2.55. The number of hydrogen-bond acceptors (Lipinski definition) is 5. The SMILES string of the molecule is CN1CCN(C(=O)CNCc2cc(C=NC3CC3)ccn2)CC1. The van der Waals surface area contributed by atoms with Gasteiger partial charge in [0.05, 0.1) is 18.3 Å². The van der Waals surface area contributed by atoms with Crippen molar-refractivity contribution in [2.45, 2.75) is 25.4 Å². The van der Waals surface area contributed by atoms with Crippen molar-refractivity contribution < 1.29 is 4.79 Å². The third-order valence-corrected chi connectivity index (χ3v) is 4.26. The van der Waals surface area contributed by atoms with Gasteiger partial charge in [-0.05, 0) is 37.6 Å². The molecular formula is C17H25N5O. The Bertz CT molecular complexity index is 562. The van der Waals surface area contributed by atoms with Crippen LogP contribution in [0, 0.1) is 0 Å². The Labute approximate surface area is 137 Å². The first-order valence-corrected chi connectivity index (χ1v) is 8.36. The largest absolute Gasteiger partial charge is 0.339 e. The van der Waals surface area contributed by atoms with E-state index in [4.69, 9.17) is 0 Å². The molecule has 1 amide bonds. The lowest BCUT2D eigenvalue weighted by Crippen LogP contribution is -2.49. The van der Waals surface area contributed by atoms with Gasteiger partial charge in [0.25, 0.3) is 0 Å². The van der Waals surface area contributed by atoms with Crippen molar-refractivity contribution in [3.05, 3.63) is 29.6 Å². The van der Waals surface area contributed by atoms with Crippen molar-refractivity contribution in [3.8, 4) is 0 Å². The molecule has 6 nitrogen and oxygen atoms in total. The Morgan fingerprint density at radius 3 is 2.91 bits per heavy atom. The van der Waals surface area contributed by atoms with E-state index in [9.17, 15) is 4.79 Å². The summed E-state index contributed by atoms with van der Waals surface area (Å²) in [5.74, 6) is 0.171. The maximum Gasteiger partial charge on any atom is 0.236 e. The predicted molar refractivity (Wildman–Crippen MR) is 90.6 cm³/mol. The number of piperazine rings is 1. The van der Waals surface area contributed by atoms with Gasteiger partial charge in [0.1, 0.15) is 0 Å². The average molecular weight is 315 g/mol. The number of pyridine rings is 1. The fraction of sp³-hybridized carbons (Fsp3) is 0.588. The van der Waals surface area contributed by atoms with Crippen LogP contribution in [0.15, 0.2) is 23.3 Å². The topological polar surface area (TPSA) is 60.8 Å². The number of nitrogens with one attached hydrogen (secondary N) is 1. The van der Waals surface area contributed by atoms with E-state index in [1.807, 2.05) is 23.2 Å². The zero-order valence-corrected chi connectivity index (χ0v) is 13.7. The highest BCUT2D eigenvalue weighted by molar-refractivity contribution is 5.80. The standard InChI is InChI=1S/C17H25N5O/c1-21-6-8-22(9-7-21)17(23)13-18-12-16-10-14(4-5-19-16)11-20-15-2-3-15/h4-5,10-11,15,18H,2-3,6-9,12-13H2,1H3. The molecule has 1 N–H and O–H groups in total. The molecule has 0 unspecified atom stereocenters. The number of amides is 1. The Hall–Kier alpha value is -1.79. The van der Waals surface area contributed by atoms with Crippen LogP contribution in [0.1, 0.15) is 24.1 Å². The minimum absolute atomic E-state index is 0.171. The molecule has 1 aromatic rings. The number of carbonyl (C=O) groups excluding carboxylic acids is 1. The van der Waals surface area contributed by atoms with E-state index in [1.54, 1.807) is 6.20 Å². The minimum Gasteiger partial charge on any atom is -0.339 e. The van der Waals surface area contributed by atoms with Crippen molar-refractivity contribution in [2.24, 2.45) is 4.99 Å². The maximum absolute atomic E-state index is 12.1. The third-order valence-electron chi connectivity index (χ3n) is 4.26. The second-order valence-electron chi connectivity index (χ2n) is 6.38. The first kappa shape index (κ1) is 16.1. The van der Waals surface area contributed by atoms with E-state index in [2.05, 4.69) is 27.2 Å². The molecule has 2 fully saturated rings. The van der Waals surface area contributed by atoms with Gasteiger partial charge in [0.15, 0.2) is 0 Å². The number of rotatable bonds is 6. The monoisotopic (exact) mass is 315 g/mol. The second kappa shape index (κ2) is 7.66. The van der Waals surface area contributed by atoms with E-state index in [0.29, 0.717) is 19.1 Å². The maximum atomic E-state index is 12.1. The van der Waals surface area contributed by atoms with E-state index < -0.39 is 0 Å². The van der Waals surface area contributed by atoms with E-state index >= 15 is 0 Å². The van der Waals surface area contributed by atoms with Crippen molar-refractivity contribution in [1.29, 1.82) is 0 Å². The van der Waals surface area contributed by atoms with Crippen LogP contribution in [-0.2, 0) is 11.3 Å². The summed E-state index contributed by atoms with van der Waals surface area (Å²) in [4.78, 5) is 25.2. The van der Waals surface area contributed by atoms with Gasteiger partial charge in [-0.2, -0.15) is 0 Å². The van der Waals surface area contributed by atoms with Crippen molar-refractivity contribution in [2.75, 3.05) is 39.8 Å². The summed E-state index contributed by atoms with van der Waals surface area (Å²) in [6.07, 6.45) is 6.15. The smallest absolute Gasteiger partial charge is 0.236 e. The number of carbonyl (C=O) groups is 1. The first-order valence-electron chi connectivity index (χ1n) is 8.36. The molecule has 1 aliphatic carbocycles. The Kier molecular flexibility index (Phi) is 5.35. The predicted octanol–water partition coefficient (Wildman–Crippen LogP) is 0.527. The number of aliphatic imine (C=N–C) groups is 1. The van der Waals surface area contributed by atoms with Gasteiger partial charge in [0.2, 0.25) is 5.91 Å². The molecule has 2 aliphatic rings. The van der Waals surface area contributed by atoms with Crippen molar-refractivity contribution in [1.82, 2.24) is 20.1 Å². The van der Waals surface area contributed by atoms with Crippen LogP contribution in [0.3, 0.4) is 0 Å². The normalized spacial score (nSPS) is 19.4. The molecule has 1 saturated carbocycles. The lowest BCUT2D eigenvalue weighted by atomic mass is 10.2. The minimum atomic E-state index is 0.171. The third kappa shape index (κ3) is 5.11. The highest BCUT2D eigenvalue weighted by Crippen LogP contribution is 2.23. The molecule has 3 rings (SSSR count). The molecule has 6 heteroatoms. The molecule has 1 aromatic heterocycles. The summed E-state index contributed by atoms with van der Waals surface area (Å²) in [5, 5.41) is 3.20. The van der Waals surface area contributed by atoms with Crippen molar-refractivity contribution >= 4 is 12.1 Å². The molecule has 0 bridgehead atoms.